The summed E-state index contributed by atoms with van der Waals surface area (Å²) in [4.78, 5) is 23.5. The average molecular weight is 424 g/mol. The van der Waals surface area contributed by atoms with Crippen LogP contribution in [-0.2, 0) is 6.54 Å². The number of pyridine rings is 1. The van der Waals surface area contributed by atoms with E-state index in [4.69, 9.17) is 4.98 Å². The van der Waals surface area contributed by atoms with Gasteiger partial charge in [-0.25, -0.2) is 4.98 Å². The van der Waals surface area contributed by atoms with Gasteiger partial charge in [-0.2, -0.15) is 4.99 Å². The van der Waals surface area contributed by atoms with E-state index in [0.717, 1.165) is 43.7 Å². The number of benzene rings is 3. The Kier molecular flexibility index (Phi) is 4.96. The average Bonchev–Trinajstić information content (AvgIpc) is 3.14. The van der Waals surface area contributed by atoms with E-state index in [-0.39, 0.29) is 5.91 Å². The Bertz CT molecular complexity index is 1500. The van der Waals surface area contributed by atoms with Gasteiger partial charge in [0.15, 0.2) is 4.80 Å². The predicted octanol–water partition coefficient (Wildman–Crippen LogP) is 5.99. The molecule has 2 aromatic heterocycles. The quantitative estimate of drug-likeness (QED) is 0.358. The molecule has 0 unspecified atom stereocenters. The molecule has 0 saturated heterocycles. The summed E-state index contributed by atoms with van der Waals surface area (Å²) in [6.07, 6.45) is 0. The minimum atomic E-state index is -0.249. The van der Waals surface area contributed by atoms with Crippen LogP contribution in [0.25, 0.3) is 32.4 Å². The smallest absolute Gasteiger partial charge is 0.280 e. The van der Waals surface area contributed by atoms with Crippen LogP contribution in [0.1, 0.15) is 22.8 Å². The molecule has 0 spiro atoms. The molecule has 0 aliphatic carbocycles. The van der Waals surface area contributed by atoms with Crippen molar-refractivity contribution in [1.29, 1.82) is 0 Å². The van der Waals surface area contributed by atoms with Gasteiger partial charge in [0.1, 0.15) is 0 Å². The van der Waals surface area contributed by atoms with E-state index in [1.54, 1.807) is 11.3 Å². The monoisotopic (exact) mass is 423 g/mol. The first kappa shape index (κ1) is 19.4. The topological polar surface area (TPSA) is 47.2 Å². The molecule has 0 atom stereocenters. The first-order valence-electron chi connectivity index (χ1n) is 10.3. The largest absolute Gasteiger partial charge is 0.317 e. The van der Waals surface area contributed by atoms with Crippen molar-refractivity contribution in [2.45, 2.75) is 20.4 Å². The number of aryl methyl sites for hydroxylation is 2. The van der Waals surface area contributed by atoms with Crippen LogP contribution in [0, 0.1) is 6.92 Å². The summed E-state index contributed by atoms with van der Waals surface area (Å²) in [6.45, 7) is 4.90. The number of hydrogen-bond acceptors (Lipinski definition) is 3. The molecule has 0 N–H and O–H groups in total. The van der Waals surface area contributed by atoms with Crippen molar-refractivity contribution in [3.8, 4) is 11.3 Å². The standard InChI is InChI=1S/C26H21N3OS/c1-3-29-23-14-13-17(2)15-24(23)31-26(29)28-25(30)20-16-22(18-9-5-4-6-10-18)27-21-12-8-7-11-19(20)21/h4-16H,3H2,1-2H3. The van der Waals surface area contributed by atoms with Crippen LogP contribution in [-0.4, -0.2) is 15.5 Å². The minimum Gasteiger partial charge on any atom is -0.317 e. The van der Waals surface area contributed by atoms with Crippen LogP contribution in [0.15, 0.2) is 83.9 Å². The van der Waals surface area contributed by atoms with Crippen molar-refractivity contribution in [2.24, 2.45) is 4.99 Å². The Morgan fingerprint density at radius 3 is 2.58 bits per heavy atom. The SMILES string of the molecule is CCn1c(=NC(=O)c2cc(-c3ccccc3)nc3ccccc23)sc2cc(C)ccc21. The van der Waals surface area contributed by atoms with Gasteiger partial charge >= 0.3 is 0 Å². The highest BCUT2D eigenvalue weighted by Gasteiger charge is 2.14. The molecule has 0 bridgehead atoms. The number of aromatic nitrogens is 2. The third-order valence-electron chi connectivity index (χ3n) is 5.37. The van der Waals surface area contributed by atoms with Crippen LogP contribution < -0.4 is 4.80 Å². The first-order valence-corrected chi connectivity index (χ1v) is 11.1. The molecule has 0 saturated carbocycles. The molecule has 0 aliphatic heterocycles. The molecule has 4 nitrogen and oxygen atoms in total. The Morgan fingerprint density at radius 2 is 1.77 bits per heavy atom. The van der Waals surface area contributed by atoms with Gasteiger partial charge in [0.25, 0.3) is 5.91 Å². The molecule has 5 aromatic rings. The fraction of sp³-hybridized carbons (Fsp3) is 0.115. The predicted molar refractivity (Wildman–Crippen MR) is 127 cm³/mol. The second-order valence-corrected chi connectivity index (χ2v) is 8.46. The number of carbonyl (C=O) groups is 1. The van der Waals surface area contributed by atoms with Crippen molar-refractivity contribution in [3.63, 3.8) is 0 Å². The zero-order valence-corrected chi connectivity index (χ0v) is 18.2. The van der Waals surface area contributed by atoms with E-state index in [2.05, 4.69) is 41.6 Å². The molecule has 0 radical (unpaired) electrons. The lowest BCUT2D eigenvalue weighted by atomic mass is 10.0. The Morgan fingerprint density at radius 1 is 1.00 bits per heavy atom. The number of thiazole rings is 1. The van der Waals surface area contributed by atoms with Crippen LogP contribution in [0.4, 0.5) is 0 Å². The molecule has 3 aromatic carbocycles. The van der Waals surface area contributed by atoms with Gasteiger partial charge in [-0.05, 0) is 43.7 Å². The molecule has 0 fully saturated rings. The summed E-state index contributed by atoms with van der Waals surface area (Å²) in [5.74, 6) is -0.249. The van der Waals surface area contributed by atoms with Crippen molar-refractivity contribution >= 4 is 38.4 Å². The lowest BCUT2D eigenvalue weighted by Gasteiger charge is -2.07. The molecule has 0 aliphatic rings. The fourth-order valence-electron chi connectivity index (χ4n) is 3.83. The van der Waals surface area contributed by atoms with Crippen molar-refractivity contribution in [3.05, 3.63) is 94.8 Å². The summed E-state index contributed by atoms with van der Waals surface area (Å²) in [5.41, 5.74) is 5.41. The van der Waals surface area contributed by atoms with Gasteiger partial charge in [0.05, 0.1) is 27.0 Å². The highest BCUT2D eigenvalue weighted by molar-refractivity contribution is 7.16. The van der Waals surface area contributed by atoms with Crippen molar-refractivity contribution in [2.75, 3.05) is 0 Å². The minimum absolute atomic E-state index is 0.249. The molecule has 152 valence electrons. The second-order valence-electron chi connectivity index (χ2n) is 7.46. The van der Waals surface area contributed by atoms with Gasteiger partial charge in [-0.3, -0.25) is 4.79 Å². The number of rotatable bonds is 3. The summed E-state index contributed by atoms with van der Waals surface area (Å²) < 4.78 is 3.23. The van der Waals surface area contributed by atoms with Crippen molar-refractivity contribution in [1.82, 2.24) is 9.55 Å². The Balaban J connectivity index is 1.71. The van der Waals surface area contributed by atoms with E-state index < -0.39 is 0 Å². The molecule has 1 amide bonds. The van der Waals surface area contributed by atoms with Gasteiger partial charge < -0.3 is 4.57 Å². The van der Waals surface area contributed by atoms with E-state index in [1.807, 2.05) is 60.7 Å². The third kappa shape index (κ3) is 3.57. The molecular formula is C26H21N3OS. The van der Waals surface area contributed by atoms with Crippen LogP contribution in [0.3, 0.4) is 0 Å². The van der Waals surface area contributed by atoms with Gasteiger partial charge in [0.2, 0.25) is 0 Å². The summed E-state index contributed by atoms with van der Waals surface area (Å²) in [5, 5.41) is 0.816. The second kappa shape index (κ2) is 7.93. The molecule has 31 heavy (non-hydrogen) atoms. The Labute approximate surface area is 184 Å². The van der Waals surface area contributed by atoms with Crippen molar-refractivity contribution < 1.29 is 4.79 Å². The lowest BCUT2D eigenvalue weighted by molar-refractivity contribution is 0.0999. The number of carbonyl (C=O) groups excluding carboxylic acids is 1. The van der Waals surface area contributed by atoms with E-state index in [0.29, 0.717) is 5.56 Å². The number of hydrogen-bond donors (Lipinski definition) is 0. The van der Waals surface area contributed by atoms with E-state index >= 15 is 0 Å². The van der Waals surface area contributed by atoms with Gasteiger partial charge in [-0.1, -0.05) is 65.9 Å². The van der Waals surface area contributed by atoms with Gasteiger partial charge in [-0.15, -0.1) is 0 Å². The zero-order valence-electron chi connectivity index (χ0n) is 17.4. The van der Waals surface area contributed by atoms with Crippen LogP contribution in [0.5, 0.6) is 0 Å². The fourth-order valence-corrected chi connectivity index (χ4v) is 5.02. The van der Waals surface area contributed by atoms with Gasteiger partial charge in [0, 0.05) is 17.5 Å². The third-order valence-corrected chi connectivity index (χ3v) is 6.41. The summed E-state index contributed by atoms with van der Waals surface area (Å²) in [7, 11) is 0. The first-order chi connectivity index (χ1) is 15.1. The highest BCUT2D eigenvalue weighted by Crippen LogP contribution is 2.25. The summed E-state index contributed by atoms with van der Waals surface area (Å²) >= 11 is 1.55. The highest BCUT2D eigenvalue weighted by atomic mass is 32.1. The number of nitrogens with zero attached hydrogens (tertiary/aromatic N) is 3. The zero-order chi connectivity index (χ0) is 21.4. The maximum absolute atomic E-state index is 13.4. The van der Waals surface area contributed by atoms with E-state index in [9.17, 15) is 4.79 Å². The number of para-hydroxylation sites is 1. The normalized spacial score (nSPS) is 12.0. The lowest BCUT2D eigenvalue weighted by Crippen LogP contribution is -2.16. The summed E-state index contributed by atoms with van der Waals surface area (Å²) in [6, 6.07) is 25.9. The maximum atomic E-state index is 13.4. The van der Waals surface area contributed by atoms with E-state index in [1.165, 1.54) is 5.56 Å². The number of amides is 1. The van der Waals surface area contributed by atoms with Crippen LogP contribution in [0.2, 0.25) is 0 Å². The molecule has 2 heterocycles. The molecular weight excluding hydrogens is 402 g/mol. The number of fused-ring (bicyclic) bond motifs is 2. The molecule has 5 rings (SSSR count). The Hall–Kier alpha value is -3.57. The maximum Gasteiger partial charge on any atom is 0.280 e. The molecule has 5 heteroatoms. The van der Waals surface area contributed by atoms with Crippen LogP contribution >= 0.6 is 11.3 Å².